The van der Waals surface area contributed by atoms with E-state index < -0.39 is 5.82 Å². The van der Waals surface area contributed by atoms with Gasteiger partial charge in [0.25, 0.3) is 0 Å². The molecule has 0 spiro atoms. The molecular formula is C13H18BrClFNO. The Bertz CT molecular complexity index is 389. The van der Waals surface area contributed by atoms with Gasteiger partial charge in [-0.3, -0.25) is 0 Å². The molecule has 0 aliphatic carbocycles. The monoisotopic (exact) mass is 337 g/mol. The number of hydrogen-bond acceptors (Lipinski definition) is 2. The summed E-state index contributed by atoms with van der Waals surface area (Å²) in [7, 11) is 0. The molecule has 18 heavy (non-hydrogen) atoms. The summed E-state index contributed by atoms with van der Waals surface area (Å²) in [6.45, 7) is 5.80. The lowest BCUT2D eigenvalue weighted by molar-refractivity contribution is 0.215. The Hall–Kier alpha value is -0.320. The Morgan fingerprint density at radius 2 is 2.22 bits per heavy atom. The average Bonchev–Trinajstić information content (AvgIpc) is 2.32. The molecular weight excluding hydrogens is 321 g/mol. The third kappa shape index (κ3) is 5.12. The summed E-state index contributed by atoms with van der Waals surface area (Å²) < 4.78 is 19.6. The molecule has 1 N–H and O–H groups in total. The highest BCUT2D eigenvalue weighted by atomic mass is 79.9. The summed E-state index contributed by atoms with van der Waals surface area (Å²) in [6.07, 6.45) is 2.28. The summed E-state index contributed by atoms with van der Waals surface area (Å²) in [5.41, 5.74) is 0. The van der Waals surface area contributed by atoms with Crippen LogP contribution in [0.5, 0.6) is 5.75 Å². The van der Waals surface area contributed by atoms with Gasteiger partial charge < -0.3 is 10.1 Å². The molecule has 5 heteroatoms. The van der Waals surface area contributed by atoms with E-state index in [0.717, 1.165) is 25.9 Å². The van der Waals surface area contributed by atoms with E-state index in [1.165, 1.54) is 12.1 Å². The summed E-state index contributed by atoms with van der Waals surface area (Å²) >= 11 is 8.97. The highest BCUT2D eigenvalue weighted by molar-refractivity contribution is 9.10. The predicted molar refractivity (Wildman–Crippen MR) is 77.0 cm³/mol. The van der Waals surface area contributed by atoms with E-state index in [2.05, 4.69) is 28.2 Å². The molecule has 0 heterocycles. The molecule has 1 aromatic carbocycles. The Morgan fingerprint density at radius 1 is 1.50 bits per heavy atom. The van der Waals surface area contributed by atoms with Crippen molar-refractivity contribution in [2.45, 2.75) is 32.8 Å². The van der Waals surface area contributed by atoms with Crippen LogP contribution in [0.1, 0.15) is 26.7 Å². The fourth-order valence-electron chi connectivity index (χ4n) is 1.46. The Kier molecular flexibility index (Phi) is 6.97. The van der Waals surface area contributed by atoms with Crippen molar-refractivity contribution in [1.82, 2.24) is 5.32 Å². The number of rotatable bonds is 7. The molecule has 0 saturated heterocycles. The molecule has 0 aliphatic heterocycles. The van der Waals surface area contributed by atoms with E-state index in [1.54, 1.807) is 0 Å². The third-order valence-corrected chi connectivity index (χ3v) is 3.35. The lowest BCUT2D eigenvalue weighted by Crippen LogP contribution is -2.29. The molecule has 0 aliphatic rings. The molecule has 1 rings (SSSR count). The molecule has 1 aromatic rings. The van der Waals surface area contributed by atoms with Crippen molar-refractivity contribution in [3.63, 3.8) is 0 Å². The van der Waals surface area contributed by atoms with Gasteiger partial charge in [-0.2, -0.15) is 0 Å². The molecule has 0 aromatic heterocycles. The first-order chi connectivity index (χ1) is 8.54. The highest BCUT2D eigenvalue weighted by Crippen LogP contribution is 2.31. The third-order valence-electron chi connectivity index (χ3n) is 2.44. The zero-order valence-corrected chi connectivity index (χ0v) is 12.9. The molecule has 2 nitrogen and oxygen atoms in total. The summed E-state index contributed by atoms with van der Waals surface area (Å²) in [5.74, 6) is 0.00250. The smallest absolute Gasteiger partial charge is 0.145 e. The molecule has 102 valence electrons. The van der Waals surface area contributed by atoms with Gasteiger partial charge in [0.2, 0.25) is 0 Å². The van der Waals surface area contributed by atoms with Crippen molar-refractivity contribution < 1.29 is 9.13 Å². The van der Waals surface area contributed by atoms with E-state index in [-0.39, 0.29) is 11.1 Å². The summed E-state index contributed by atoms with van der Waals surface area (Å²) in [4.78, 5) is 0. The Balaban J connectivity index is 2.48. The first kappa shape index (κ1) is 15.7. The van der Waals surface area contributed by atoms with Gasteiger partial charge in [0.05, 0.1) is 9.50 Å². The van der Waals surface area contributed by atoms with Crippen molar-refractivity contribution in [3.8, 4) is 5.75 Å². The van der Waals surface area contributed by atoms with Crippen LogP contribution in [0, 0.1) is 5.82 Å². The molecule has 0 radical (unpaired) electrons. The van der Waals surface area contributed by atoms with Gasteiger partial charge in [0, 0.05) is 12.6 Å². The number of nitrogens with one attached hydrogen (secondary N) is 1. The molecule has 0 amide bonds. The van der Waals surface area contributed by atoms with Crippen molar-refractivity contribution in [2.24, 2.45) is 0 Å². The van der Waals surface area contributed by atoms with Crippen molar-refractivity contribution in [3.05, 3.63) is 27.4 Å². The maximum Gasteiger partial charge on any atom is 0.145 e. The number of benzene rings is 1. The largest absolute Gasteiger partial charge is 0.488 e. The molecule has 0 saturated carbocycles. The quantitative estimate of drug-likeness (QED) is 0.588. The molecule has 0 bridgehead atoms. The molecule has 1 atom stereocenters. The number of unbranched alkanes of at least 4 members (excludes halogenated alkanes) is 1. The maximum atomic E-state index is 13.3. The molecule has 1 unspecified atom stereocenters. The van der Waals surface area contributed by atoms with Gasteiger partial charge in [-0.25, -0.2) is 4.39 Å². The minimum absolute atomic E-state index is 0.0290. The van der Waals surface area contributed by atoms with E-state index in [9.17, 15) is 4.39 Å². The zero-order chi connectivity index (χ0) is 13.5. The standard InChI is InChI=1S/C13H18BrClFNO/c1-3-4-5-17-8-9(2)18-13-7-12(16)11(15)6-10(13)14/h6-7,9,17H,3-5,8H2,1-2H3. The fraction of sp³-hybridized carbons (Fsp3) is 0.538. The average molecular weight is 339 g/mol. The van der Waals surface area contributed by atoms with E-state index >= 15 is 0 Å². The number of hydrogen-bond donors (Lipinski definition) is 1. The van der Waals surface area contributed by atoms with Gasteiger partial charge in [0.1, 0.15) is 17.7 Å². The highest BCUT2D eigenvalue weighted by Gasteiger charge is 2.11. The first-order valence-electron chi connectivity index (χ1n) is 6.06. The van der Waals surface area contributed by atoms with Gasteiger partial charge in [-0.05, 0) is 41.9 Å². The minimum Gasteiger partial charge on any atom is -0.488 e. The summed E-state index contributed by atoms with van der Waals surface area (Å²) in [5, 5.41) is 3.38. The Labute approximate surface area is 121 Å². The van der Waals surface area contributed by atoms with E-state index in [1.807, 2.05) is 6.92 Å². The van der Waals surface area contributed by atoms with Gasteiger partial charge >= 0.3 is 0 Å². The summed E-state index contributed by atoms with van der Waals surface area (Å²) in [6, 6.07) is 2.80. The van der Waals surface area contributed by atoms with Gasteiger partial charge in [-0.15, -0.1) is 0 Å². The second-order valence-corrected chi connectivity index (χ2v) is 5.44. The van der Waals surface area contributed by atoms with Crippen LogP contribution in [-0.4, -0.2) is 19.2 Å². The van der Waals surface area contributed by atoms with E-state index in [0.29, 0.717) is 10.2 Å². The van der Waals surface area contributed by atoms with Gasteiger partial charge in [0.15, 0.2) is 0 Å². The second-order valence-electron chi connectivity index (χ2n) is 4.18. The van der Waals surface area contributed by atoms with Crippen LogP contribution in [0.2, 0.25) is 5.02 Å². The first-order valence-corrected chi connectivity index (χ1v) is 7.23. The lowest BCUT2D eigenvalue weighted by Gasteiger charge is -2.16. The van der Waals surface area contributed by atoms with Crippen LogP contribution >= 0.6 is 27.5 Å². The predicted octanol–water partition coefficient (Wildman–Crippen LogP) is 4.40. The van der Waals surface area contributed by atoms with Gasteiger partial charge in [-0.1, -0.05) is 24.9 Å². The topological polar surface area (TPSA) is 21.3 Å². The van der Waals surface area contributed by atoms with Crippen molar-refractivity contribution >= 4 is 27.5 Å². The van der Waals surface area contributed by atoms with Crippen LogP contribution < -0.4 is 10.1 Å². The second kappa shape index (κ2) is 7.97. The minimum atomic E-state index is -0.471. The Morgan fingerprint density at radius 3 is 2.89 bits per heavy atom. The van der Waals surface area contributed by atoms with Crippen LogP contribution in [-0.2, 0) is 0 Å². The lowest BCUT2D eigenvalue weighted by atomic mass is 10.3. The van der Waals surface area contributed by atoms with Crippen LogP contribution in [0.15, 0.2) is 16.6 Å². The van der Waals surface area contributed by atoms with Crippen LogP contribution in [0.3, 0.4) is 0 Å². The van der Waals surface area contributed by atoms with Crippen LogP contribution in [0.4, 0.5) is 4.39 Å². The van der Waals surface area contributed by atoms with Crippen molar-refractivity contribution in [1.29, 1.82) is 0 Å². The molecule has 0 fully saturated rings. The van der Waals surface area contributed by atoms with Crippen molar-refractivity contribution in [2.75, 3.05) is 13.1 Å². The normalized spacial score (nSPS) is 12.5. The number of halogens is 3. The maximum absolute atomic E-state index is 13.3. The van der Waals surface area contributed by atoms with E-state index in [4.69, 9.17) is 16.3 Å². The number of ether oxygens (including phenoxy) is 1. The van der Waals surface area contributed by atoms with Crippen LogP contribution in [0.25, 0.3) is 0 Å². The zero-order valence-electron chi connectivity index (χ0n) is 10.6. The fourth-order valence-corrected chi connectivity index (χ4v) is 2.19. The SMILES string of the molecule is CCCCNCC(C)Oc1cc(F)c(Cl)cc1Br.